The van der Waals surface area contributed by atoms with Crippen molar-refractivity contribution in [2.24, 2.45) is 0 Å². The smallest absolute Gasteiger partial charge is 0.242 e. The van der Waals surface area contributed by atoms with Crippen LogP contribution in [0.4, 0.5) is 10.1 Å². The standard InChI is InChI=1S/C15H13ClFNO3S/c1-10(15(19)18-14-8-3-2-7-13(14)16)22(20,21)12-6-4-5-11(17)9-12/h2-10H,1H3,(H,18,19). The van der Waals surface area contributed by atoms with Crippen LogP contribution < -0.4 is 5.32 Å². The molecule has 22 heavy (non-hydrogen) atoms. The van der Waals surface area contributed by atoms with E-state index in [0.717, 1.165) is 12.1 Å². The molecule has 0 aliphatic rings. The van der Waals surface area contributed by atoms with Gasteiger partial charge in [-0.15, -0.1) is 0 Å². The summed E-state index contributed by atoms with van der Waals surface area (Å²) in [6, 6.07) is 11.0. The summed E-state index contributed by atoms with van der Waals surface area (Å²) in [6.45, 7) is 1.24. The molecule has 0 fully saturated rings. The molecule has 1 N–H and O–H groups in total. The lowest BCUT2D eigenvalue weighted by Gasteiger charge is -2.14. The molecule has 0 aliphatic carbocycles. The van der Waals surface area contributed by atoms with Crippen molar-refractivity contribution in [1.82, 2.24) is 0 Å². The van der Waals surface area contributed by atoms with Gasteiger partial charge in [-0.3, -0.25) is 4.79 Å². The van der Waals surface area contributed by atoms with Gasteiger partial charge >= 0.3 is 0 Å². The molecule has 4 nitrogen and oxygen atoms in total. The number of amides is 1. The number of halogens is 2. The number of carbonyl (C=O) groups is 1. The molecule has 0 radical (unpaired) electrons. The van der Waals surface area contributed by atoms with Crippen molar-refractivity contribution in [1.29, 1.82) is 0 Å². The van der Waals surface area contributed by atoms with Crippen LogP contribution in [0.2, 0.25) is 5.02 Å². The van der Waals surface area contributed by atoms with Gasteiger partial charge in [-0.2, -0.15) is 0 Å². The maximum Gasteiger partial charge on any atom is 0.242 e. The zero-order valence-corrected chi connectivity index (χ0v) is 13.2. The Morgan fingerprint density at radius 2 is 1.86 bits per heavy atom. The molecule has 0 aromatic heterocycles. The van der Waals surface area contributed by atoms with Gasteiger partial charge in [0.2, 0.25) is 5.91 Å². The van der Waals surface area contributed by atoms with Gasteiger partial charge < -0.3 is 5.32 Å². The van der Waals surface area contributed by atoms with E-state index in [2.05, 4.69) is 5.32 Å². The maximum absolute atomic E-state index is 13.2. The Balaban J connectivity index is 2.25. The van der Waals surface area contributed by atoms with Gasteiger partial charge in [-0.25, -0.2) is 12.8 Å². The van der Waals surface area contributed by atoms with Crippen LogP contribution in [0.25, 0.3) is 0 Å². The van der Waals surface area contributed by atoms with E-state index in [4.69, 9.17) is 11.6 Å². The third-order valence-electron chi connectivity index (χ3n) is 3.09. The van der Waals surface area contributed by atoms with Crippen molar-refractivity contribution in [2.45, 2.75) is 17.1 Å². The Morgan fingerprint density at radius 1 is 1.18 bits per heavy atom. The molecule has 0 aliphatic heterocycles. The minimum atomic E-state index is -3.99. The highest BCUT2D eigenvalue weighted by molar-refractivity contribution is 7.92. The van der Waals surface area contributed by atoms with Crippen molar-refractivity contribution in [2.75, 3.05) is 5.32 Å². The second kappa shape index (κ2) is 6.46. The van der Waals surface area contributed by atoms with Gasteiger partial charge in [0.25, 0.3) is 0 Å². The van der Waals surface area contributed by atoms with E-state index in [9.17, 15) is 17.6 Å². The average Bonchev–Trinajstić information content (AvgIpc) is 2.48. The molecule has 0 heterocycles. The second-order valence-corrected chi connectivity index (χ2v) is 7.29. The molecule has 0 saturated heterocycles. The molecule has 7 heteroatoms. The van der Waals surface area contributed by atoms with E-state index in [1.54, 1.807) is 24.3 Å². The fraction of sp³-hybridized carbons (Fsp3) is 0.133. The lowest BCUT2D eigenvalue weighted by Crippen LogP contribution is -2.32. The van der Waals surface area contributed by atoms with Gasteiger partial charge in [-0.1, -0.05) is 29.8 Å². The first-order valence-corrected chi connectivity index (χ1v) is 8.29. The first kappa shape index (κ1) is 16.5. The highest BCUT2D eigenvalue weighted by atomic mass is 35.5. The normalized spacial score (nSPS) is 12.7. The quantitative estimate of drug-likeness (QED) is 0.928. The topological polar surface area (TPSA) is 63.2 Å². The summed E-state index contributed by atoms with van der Waals surface area (Å²) in [7, 11) is -3.99. The number of rotatable bonds is 4. The number of anilines is 1. The van der Waals surface area contributed by atoms with Crippen LogP contribution in [0.15, 0.2) is 53.4 Å². The molecule has 2 rings (SSSR count). The van der Waals surface area contributed by atoms with E-state index >= 15 is 0 Å². The molecule has 2 aromatic rings. The third-order valence-corrected chi connectivity index (χ3v) is 5.48. The van der Waals surface area contributed by atoms with Gasteiger partial charge in [0.15, 0.2) is 9.84 Å². The predicted octanol–water partition coefficient (Wildman–Crippen LogP) is 3.28. The van der Waals surface area contributed by atoms with Crippen LogP contribution in [0, 0.1) is 5.82 Å². The van der Waals surface area contributed by atoms with Crippen molar-refractivity contribution < 1.29 is 17.6 Å². The minimum Gasteiger partial charge on any atom is -0.324 e. The Bertz CT molecular complexity index is 808. The lowest BCUT2D eigenvalue weighted by molar-refractivity contribution is -0.115. The molecule has 2 aromatic carbocycles. The number of para-hydroxylation sites is 1. The van der Waals surface area contributed by atoms with E-state index < -0.39 is 26.8 Å². The van der Waals surface area contributed by atoms with Crippen molar-refractivity contribution in [3.63, 3.8) is 0 Å². The van der Waals surface area contributed by atoms with Gasteiger partial charge in [0.1, 0.15) is 11.1 Å². The number of benzene rings is 2. The summed E-state index contributed by atoms with van der Waals surface area (Å²) < 4.78 is 37.9. The van der Waals surface area contributed by atoms with Crippen LogP contribution in [-0.4, -0.2) is 19.6 Å². The lowest BCUT2D eigenvalue weighted by atomic mass is 10.3. The fourth-order valence-electron chi connectivity index (χ4n) is 1.79. The van der Waals surface area contributed by atoms with Crippen LogP contribution in [0.3, 0.4) is 0 Å². The van der Waals surface area contributed by atoms with Crippen molar-refractivity contribution in [3.05, 3.63) is 59.4 Å². The van der Waals surface area contributed by atoms with Crippen molar-refractivity contribution >= 4 is 33.0 Å². The Morgan fingerprint density at radius 3 is 2.50 bits per heavy atom. The molecule has 1 unspecified atom stereocenters. The van der Waals surface area contributed by atoms with E-state index in [1.807, 2.05) is 0 Å². The highest BCUT2D eigenvalue weighted by Gasteiger charge is 2.30. The summed E-state index contributed by atoms with van der Waals surface area (Å²) in [5.74, 6) is -1.42. The van der Waals surface area contributed by atoms with E-state index in [1.165, 1.54) is 19.1 Å². The summed E-state index contributed by atoms with van der Waals surface area (Å²) in [6.07, 6.45) is 0. The highest BCUT2D eigenvalue weighted by Crippen LogP contribution is 2.23. The number of sulfone groups is 1. The van der Waals surface area contributed by atoms with Gasteiger partial charge in [-0.05, 0) is 37.3 Å². The largest absolute Gasteiger partial charge is 0.324 e. The van der Waals surface area contributed by atoms with Crippen LogP contribution in [0.1, 0.15) is 6.92 Å². The fourth-order valence-corrected chi connectivity index (χ4v) is 3.26. The summed E-state index contributed by atoms with van der Waals surface area (Å²) >= 11 is 5.91. The molecule has 0 saturated carbocycles. The molecule has 1 amide bonds. The molecular weight excluding hydrogens is 329 g/mol. The van der Waals surface area contributed by atoms with E-state index in [0.29, 0.717) is 10.7 Å². The molecule has 0 bridgehead atoms. The minimum absolute atomic E-state index is 0.241. The number of carbonyl (C=O) groups excluding carboxylic acids is 1. The van der Waals surface area contributed by atoms with Crippen LogP contribution in [-0.2, 0) is 14.6 Å². The Labute approximate surface area is 132 Å². The summed E-state index contributed by atoms with van der Waals surface area (Å²) in [5.41, 5.74) is 0.315. The first-order chi connectivity index (χ1) is 10.3. The third kappa shape index (κ3) is 3.45. The first-order valence-electron chi connectivity index (χ1n) is 6.37. The number of hydrogen-bond acceptors (Lipinski definition) is 3. The van der Waals surface area contributed by atoms with Crippen LogP contribution in [0.5, 0.6) is 0 Å². The molecule has 1 atom stereocenters. The zero-order valence-electron chi connectivity index (χ0n) is 11.6. The monoisotopic (exact) mass is 341 g/mol. The second-order valence-electron chi connectivity index (χ2n) is 4.61. The summed E-state index contributed by atoms with van der Waals surface area (Å²) in [5, 5.41) is 1.37. The Hall–Kier alpha value is -1.92. The molecular formula is C15H13ClFNO3S. The molecule has 0 spiro atoms. The van der Waals surface area contributed by atoms with Gasteiger partial charge in [0, 0.05) is 0 Å². The predicted molar refractivity (Wildman–Crippen MR) is 83.1 cm³/mol. The number of hydrogen-bond donors (Lipinski definition) is 1. The zero-order chi connectivity index (χ0) is 16.3. The van der Waals surface area contributed by atoms with E-state index in [-0.39, 0.29) is 4.90 Å². The Kier molecular flexibility index (Phi) is 4.83. The summed E-state index contributed by atoms with van der Waals surface area (Å²) in [4.78, 5) is 11.9. The number of nitrogens with one attached hydrogen (secondary N) is 1. The van der Waals surface area contributed by atoms with Crippen molar-refractivity contribution in [3.8, 4) is 0 Å². The molecule has 116 valence electrons. The maximum atomic E-state index is 13.2. The van der Waals surface area contributed by atoms with Gasteiger partial charge in [0.05, 0.1) is 15.6 Å². The average molecular weight is 342 g/mol. The SMILES string of the molecule is CC(C(=O)Nc1ccccc1Cl)S(=O)(=O)c1cccc(F)c1. The van der Waals surface area contributed by atoms with Crippen LogP contribution >= 0.6 is 11.6 Å².